The summed E-state index contributed by atoms with van der Waals surface area (Å²) in [4.78, 5) is 32.4. The maximum Gasteiger partial charge on any atom is 0.329 e. The molecule has 0 aliphatic heterocycles. The standard InChI is InChI=1S/C9H8N2O5/c12-8(13)6-10(11(15)16)9(14)7-4-2-1-3-5-7/h1-5H,6H2,(H,12,13). The van der Waals surface area contributed by atoms with Crippen molar-refractivity contribution in [2.75, 3.05) is 6.54 Å². The van der Waals surface area contributed by atoms with E-state index in [1.807, 2.05) is 0 Å². The first-order valence-electron chi connectivity index (χ1n) is 4.25. The molecular formula is C9H8N2O5. The second kappa shape index (κ2) is 4.87. The number of nitro groups is 1. The van der Waals surface area contributed by atoms with E-state index in [-0.39, 0.29) is 10.6 Å². The number of rotatable bonds is 4. The predicted molar refractivity (Wildman–Crippen MR) is 52.1 cm³/mol. The summed E-state index contributed by atoms with van der Waals surface area (Å²) in [7, 11) is 0. The average Bonchev–Trinajstić information content (AvgIpc) is 2.25. The van der Waals surface area contributed by atoms with Crippen molar-refractivity contribution in [3.63, 3.8) is 0 Å². The number of carboxylic acids is 1. The SMILES string of the molecule is O=C(O)CN(C(=O)c1ccccc1)[N+](=O)[O-]. The molecule has 0 atom stereocenters. The third-order valence-corrected chi connectivity index (χ3v) is 1.74. The lowest BCUT2D eigenvalue weighted by Gasteiger charge is -2.09. The Bertz CT molecular complexity index is 417. The zero-order chi connectivity index (χ0) is 12.1. The van der Waals surface area contributed by atoms with Crippen LogP contribution in [0, 0.1) is 10.1 Å². The molecular weight excluding hydrogens is 216 g/mol. The van der Waals surface area contributed by atoms with Crippen LogP contribution in [-0.2, 0) is 4.79 Å². The molecule has 0 heterocycles. The molecule has 1 N–H and O–H groups in total. The first kappa shape index (κ1) is 11.6. The molecule has 84 valence electrons. The van der Waals surface area contributed by atoms with Crippen LogP contribution in [-0.4, -0.2) is 33.6 Å². The van der Waals surface area contributed by atoms with E-state index < -0.39 is 23.5 Å². The monoisotopic (exact) mass is 224 g/mol. The van der Waals surface area contributed by atoms with Crippen LogP contribution in [0.4, 0.5) is 0 Å². The molecule has 0 saturated carbocycles. The molecule has 1 rings (SSSR count). The summed E-state index contributed by atoms with van der Waals surface area (Å²) in [6.07, 6.45) is 0. The van der Waals surface area contributed by atoms with E-state index in [4.69, 9.17) is 5.11 Å². The maximum absolute atomic E-state index is 11.5. The molecule has 0 bridgehead atoms. The van der Waals surface area contributed by atoms with E-state index in [9.17, 15) is 19.7 Å². The van der Waals surface area contributed by atoms with Gasteiger partial charge in [-0.15, -0.1) is 0 Å². The minimum atomic E-state index is -1.44. The Hall–Kier alpha value is -2.44. The minimum Gasteiger partial charge on any atom is -0.480 e. The third kappa shape index (κ3) is 2.77. The molecule has 0 radical (unpaired) electrons. The fourth-order valence-corrected chi connectivity index (χ4v) is 1.06. The zero-order valence-corrected chi connectivity index (χ0v) is 8.07. The quantitative estimate of drug-likeness (QED) is 0.589. The highest BCUT2D eigenvalue weighted by molar-refractivity contribution is 5.94. The Kier molecular flexibility index (Phi) is 3.54. The van der Waals surface area contributed by atoms with Crippen LogP contribution in [0.3, 0.4) is 0 Å². The molecule has 0 spiro atoms. The van der Waals surface area contributed by atoms with Gasteiger partial charge in [0, 0.05) is 5.56 Å². The Labute approximate surface area is 90.0 Å². The Morgan fingerprint density at radius 2 is 1.88 bits per heavy atom. The van der Waals surface area contributed by atoms with E-state index in [2.05, 4.69) is 0 Å². The van der Waals surface area contributed by atoms with Gasteiger partial charge in [-0.1, -0.05) is 18.2 Å². The van der Waals surface area contributed by atoms with Crippen molar-refractivity contribution in [1.29, 1.82) is 0 Å². The van der Waals surface area contributed by atoms with E-state index in [0.29, 0.717) is 0 Å². The van der Waals surface area contributed by atoms with Crippen molar-refractivity contribution < 1.29 is 19.7 Å². The van der Waals surface area contributed by atoms with Gasteiger partial charge in [0.1, 0.15) is 0 Å². The molecule has 0 aromatic heterocycles. The molecule has 7 nitrogen and oxygen atoms in total. The second-order valence-electron chi connectivity index (χ2n) is 2.86. The number of hydrogen-bond donors (Lipinski definition) is 1. The van der Waals surface area contributed by atoms with Crippen LogP contribution in [0.15, 0.2) is 30.3 Å². The summed E-state index contributed by atoms with van der Waals surface area (Å²) in [5, 5.41) is 17.9. The topological polar surface area (TPSA) is 101 Å². The van der Waals surface area contributed by atoms with Gasteiger partial charge in [-0.05, 0) is 17.1 Å². The Balaban J connectivity index is 2.92. The second-order valence-corrected chi connectivity index (χ2v) is 2.86. The van der Waals surface area contributed by atoms with E-state index in [1.54, 1.807) is 6.07 Å². The van der Waals surface area contributed by atoms with Crippen LogP contribution in [0.5, 0.6) is 0 Å². The smallest absolute Gasteiger partial charge is 0.329 e. The van der Waals surface area contributed by atoms with Crippen LogP contribution in [0.25, 0.3) is 0 Å². The Morgan fingerprint density at radius 3 is 2.31 bits per heavy atom. The molecule has 0 fully saturated rings. The molecule has 1 aromatic rings. The number of amides is 1. The summed E-state index contributed by atoms with van der Waals surface area (Å²) in [6.45, 7) is -0.972. The van der Waals surface area contributed by atoms with Gasteiger partial charge in [-0.25, -0.2) is 10.1 Å². The van der Waals surface area contributed by atoms with Gasteiger partial charge in [0.05, 0.1) is 0 Å². The highest BCUT2D eigenvalue weighted by atomic mass is 16.7. The van der Waals surface area contributed by atoms with Gasteiger partial charge in [0.15, 0.2) is 11.6 Å². The number of hydrogen-bond acceptors (Lipinski definition) is 4. The van der Waals surface area contributed by atoms with Crippen molar-refractivity contribution >= 4 is 11.9 Å². The summed E-state index contributed by atoms with van der Waals surface area (Å²) in [5.74, 6) is -2.39. The van der Waals surface area contributed by atoms with Gasteiger partial charge < -0.3 is 5.11 Å². The fourth-order valence-electron chi connectivity index (χ4n) is 1.06. The number of carboxylic acid groups (broad SMARTS) is 1. The highest BCUT2D eigenvalue weighted by Gasteiger charge is 2.27. The van der Waals surface area contributed by atoms with Gasteiger partial charge in [-0.3, -0.25) is 9.59 Å². The normalized spacial score (nSPS) is 9.50. The lowest BCUT2D eigenvalue weighted by molar-refractivity contribution is -0.629. The lowest BCUT2D eigenvalue weighted by atomic mass is 10.2. The molecule has 0 unspecified atom stereocenters. The van der Waals surface area contributed by atoms with Crippen molar-refractivity contribution in [2.24, 2.45) is 0 Å². The molecule has 0 saturated heterocycles. The largest absolute Gasteiger partial charge is 0.480 e. The van der Waals surface area contributed by atoms with Gasteiger partial charge in [-0.2, -0.15) is 0 Å². The number of carbonyl (C=O) groups excluding carboxylic acids is 1. The molecule has 1 aromatic carbocycles. The predicted octanol–water partition coefficient (Wildman–Crippen LogP) is 0.405. The van der Waals surface area contributed by atoms with E-state index >= 15 is 0 Å². The molecule has 0 aliphatic carbocycles. The highest BCUT2D eigenvalue weighted by Crippen LogP contribution is 2.04. The first-order valence-corrected chi connectivity index (χ1v) is 4.25. The summed E-state index contributed by atoms with van der Waals surface area (Å²) < 4.78 is 0. The fraction of sp³-hybridized carbons (Fsp3) is 0.111. The molecule has 7 heteroatoms. The number of nitrogens with zero attached hydrogens (tertiary/aromatic N) is 2. The molecule has 16 heavy (non-hydrogen) atoms. The van der Waals surface area contributed by atoms with Crippen molar-refractivity contribution in [1.82, 2.24) is 5.01 Å². The van der Waals surface area contributed by atoms with Crippen molar-refractivity contribution in [3.05, 3.63) is 46.0 Å². The maximum atomic E-state index is 11.5. The van der Waals surface area contributed by atoms with Crippen molar-refractivity contribution in [2.45, 2.75) is 0 Å². The molecule has 0 aliphatic rings. The van der Waals surface area contributed by atoms with Crippen LogP contribution in [0.1, 0.15) is 10.4 Å². The molecule has 1 amide bonds. The van der Waals surface area contributed by atoms with Crippen LogP contribution >= 0.6 is 0 Å². The van der Waals surface area contributed by atoms with Gasteiger partial charge >= 0.3 is 11.9 Å². The third-order valence-electron chi connectivity index (χ3n) is 1.74. The minimum absolute atomic E-state index is 0.0532. The van der Waals surface area contributed by atoms with Gasteiger partial charge in [0.2, 0.25) is 0 Å². The van der Waals surface area contributed by atoms with E-state index in [0.717, 1.165) is 0 Å². The lowest BCUT2D eigenvalue weighted by Crippen LogP contribution is -2.40. The zero-order valence-electron chi connectivity index (χ0n) is 8.07. The van der Waals surface area contributed by atoms with Gasteiger partial charge in [0.25, 0.3) is 0 Å². The summed E-state index contributed by atoms with van der Waals surface area (Å²) in [6, 6.07) is 7.46. The van der Waals surface area contributed by atoms with E-state index in [1.165, 1.54) is 24.3 Å². The average molecular weight is 224 g/mol. The van der Waals surface area contributed by atoms with Crippen LogP contribution < -0.4 is 0 Å². The number of aliphatic carboxylic acids is 1. The van der Waals surface area contributed by atoms with Crippen molar-refractivity contribution in [3.8, 4) is 0 Å². The summed E-state index contributed by atoms with van der Waals surface area (Å²) in [5.41, 5.74) is 0.0699. The number of hydrazine groups is 1. The summed E-state index contributed by atoms with van der Waals surface area (Å²) >= 11 is 0. The number of carbonyl (C=O) groups is 2. The van der Waals surface area contributed by atoms with Crippen LogP contribution in [0.2, 0.25) is 0 Å². The first-order chi connectivity index (χ1) is 7.52. The number of benzene rings is 1. The Morgan fingerprint density at radius 1 is 1.31 bits per heavy atom.